The van der Waals surface area contributed by atoms with E-state index in [4.69, 9.17) is 4.74 Å². The van der Waals surface area contributed by atoms with Crippen LogP contribution in [0, 0.1) is 11.3 Å². The molecule has 0 fully saturated rings. The number of amides is 1. The van der Waals surface area contributed by atoms with Crippen LogP contribution < -0.4 is 15.0 Å². The lowest BCUT2D eigenvalue weighted by Crippen LogP contribution is -2.21. The second-order valence-electron chi connectivity index (χ2n) is 5.59. The van der Waals surface area contributed by atoms with E-state index in [1.165, 1.54) is 7.11 Å². The van der Waals surface area contributed by atoms with Crippen LogP contribution in [0.15, 0.2) is 54.1 Å². The third kappa shape index (κ3) is 4.64. The fraction of sp³-hybridized carbons (Fsp3) is 0.238. The van der Waals surface area contributed by atoms with Gasteiger partial charge in [0.25, 0.3) is 5.91 Å². The zero-order chi connectivity index (χ0) is 18.9. The zero-order valence-electron chi connectivity index (χ0n) is 15.3. The van der Waals surface area contributed by atoms with Gasteiger partial charge in [0.05, 0.1) is 12.8 Å². The van der Waals surface area contributed by atoms with Gasteiger partial charge in [0, 0.05) is 18.8 Å². The van der Waals surface area contributed by atoms with Gasteiger partial charge in [-0.05, 0) is 49.8 Å². The molecule has 1 amide bonds. The first kappa shape index (κ1) is 19.1. The molecular weight excluding hydrogens is 326 g/mol. The molecule has 0 bridgehead atoms. The number of anilines is 2. The summed E-state index contributed by atoms with van der Waals surface area (Å²) in [6, 6.07) is 16.8. The summed E-state index contributed by atoms with van der Waals surface area (Å²) in [5.74, 6) is 0.0755. The van der Waals surface area contributed by atoms with Crippen molar-refractivity contribution in [1.29, 1.82) is 5.26 Å². The fourth-order valence-corrected chi connectivity index (χ4v) is 2.62. The largest absolute Gasteiger partial charge is 0.495 e. The maximum atomic E-state index is 12.4. The number of nitriles is 1. The highest BCUT2D eigenvalue weighted by Gasteiger charge is 2.12. The minimum atomic E-state index is -0.468. The van der Waals surface area contributed by atoms with Crippen LogP contribution >= 0.6 is 0 Å². The summed E-state index contributed by atoms with van der Waals surface area (Å²) in [5.41, 5.74) is 2.47. The Hall–Kier alpha value is -3.26. The number of para-hydroxylation sites is 2. The summed E-state index contributed by atoms with van der Waals surface area (Å²) in [5, 5.41) is 12.1. The molecule has 2 aromatic carbocycles. The van der Waals surface area contributed by atoms with E-state index in [1.54, 1.807) is 24.3 Å². The van der Waals surface area contributed by atoms with Crippen LogP contribution in [0.25, 0.3) is 6.08 Å². The Balaban J connectivity index is 2.19. The number of nitrogens with zero attached hydrogens (tertiary/aromatic N) is 2. The summed E-state index contributed by atoms with van der Waals surface area (Å²) in [6.07, 6.45) is 1.58. The molecule has 0 unspecified atom stereocenters. The van der Waals surface area contributed by atoms with Gasteiger partial charge in [-0.25, -0.2) is 0 Å². The van der Waals surface area contributed by atoms with Crippen molar-refractivity contribution in [2.75, 3.05) is 30.4 Å². The van der Waals surface area contributed by atoms with Crippen molar-refractivity contribution >= 4 is 23.4 Å². The predicted molar refractivity (Wildman–Crippen MR) is 105 cm³/mol. The minimum Gasteiger partial charge on any atom is -0.495 e. The van der Waals surface area contributed by atoms with E-state index in [-0.39, 0.29) is 5.57 Å². The molecule has 0 spiro atoms. The van der Waals surface area contributed by atoms with Crippen LogP contribution in [0.1, 0.15) is 19.4 Å². The lowest BCUT2D eigenvalue weighted by molar-refractivity contribution is -0.112. The molecule has 0 saturated heterocycles. The van der Waals surface area contributed by atoms with E-state index in [9.17, 15) is 10.1 Å². The van der Waals surface area contributed by atoms with Crippen molar-refractivity contribution in [2.45, 2.75) is 13.8 Å². The van der Waals surface area contributed by atoms with Crippen molar-refractivity contribution in [3.63, 3.8) is 0 Å². The Labute approximate surface area is 154 Å². The van der Waals surface area contributed by atoms with Gasteiger partial charge < -0.3 is 15.0 Å². The smallest absolute Gasteiger partial charge is 0.266 e. The first-order valence-corrected chi connectivity index (χ1v) is 8.54. The number of ether oxygens (including phenoxy) is 1. The molecule has 0 aliphatic heterocycles. The molecule has 0 aliphatic carbocycles. The van der Waals surface area contributed by atoms with Gasteiger partial charge in [-0.3, -0.25) is 4.79 Å². The van der Waals surface area contributed by atoms with Gasteiger partial charge in [-0.1, -0.05) is 24.3 Å². The van der Waals surface area contributed by atoms with Crippen LogP contribution in [0.4, 0.5) is 11.4 Å². The highest BCUT2D eigenvalue weighted by atomic mass is 16.5. The summed E-state index contributed by atoms with van der Waals surface area (Å²) in [6.45, 7) is 6.06. The van der Waals surface area contributed by atoms with Crippen molar-refractivity contribution in [1.82, 2.24) is 0 Å². The maximum absolute atomic E-state index is 12.4. The van der Waals surface area contributed by atoms with E-state index in [0.717, 1.165) is 24.3 Å². The predicted octanol–water partition coefficient (Wildman–Crippen LogP) is 4.09. The minimum absolute atomic E-state index is 0.0338. The number of benzene rings is 2. The van der Waals surface area contributed by atoms with Crippen molar-refractivity contribution in [2.24, 2.45) is 0 Å². The third-order valence-corrected chi connectivity index (χ3v) is 4.05. The van der Waals surface area contributed by atoms with Crippen LogP contribution in [-0.2, 0) is 4.79 Å². The average molecular weight is 349 g/mol. The van der Waals surface area contributed by atoms with Crippen LogP contribution in [0.2, 0.25) is 0 Å². The summed E-state index contributed by atoms with van der Waals surface area (Å²) >= 11 is 0. The van der Waals surface area contributed by atoms with Crippen molar-refractivity contribution < 1.29 is 9.53 Å². The fourth-order valence-electron chi connectivity index (χ4n) is 2.62. The molecule has 0 atom stereocenters. The molecule has 5 nitrogen and oxygen atoms in total. The number of carbonyl (C=O) groups is 1. The molecule has 2 aromatic rings. The summed E-state index contributed by atoms with van der Waals surface area (Å²) in [7, 11) is 1.53. The topological polar surface area (TPSA) is 65.4 Å². The van der Waals surface area contributed by atoms with Gasteiger partial charge >= 0.3 is 0 Å². The SMILES string of the molecule is CCN(CC)c1ccc(C=C(C#N)C(=O)Nc2ccccc2OC)cc1. The second-order valence-corrected chi connectivity index (χ2v) is 5.59. The zero-order valence-corrected chi connectivity index (χ0v) is 15.3. The first-order valence-electron chi connectivity index (χ1n) is 8.54. The van der Waals surface area contributed by atoms with Gasteiger partial charge in [-0.15, -0.1) is 0 Å². The molecule has 0 radical (unpaired) electrons. The highest BCUT2D eigenvalue weighted by Crippen LogP contribution is 2.24. The highest BCUT2D eigenvalue weighted by molar-refractivity contribution is 6.10. The molecule has 5 heteroatoms. The van der Waals surface area contributed by atoms with E-state index in [1.807, 2.05) is 36.4 Å². The Bertz CT molecular complexity index is 816. The van der Waals surface area contributed by atoms with Crippen LogP contribution in [0.3, 0.4) is 0 Å². The van der Waals surface area contributed by atoms with Gasteiger partial charge in [0.2, 0.25) is 0 Å². The number of hydrogen-bond donors (Lipinski definition) is 1. The molecule has 0 heterocycles. The number of carbonyl (C=O) groups excluding carboxylic acids is 1. The molecule has 0 saturated carbocycles. The lowest BCUT2D eigenvalue weighted by atomic mass is 10.1. The summed E-state index contributed by atoms with van der Waals surface area (Å²) < 4.78 is 5.21. The van der Waals surface area contributed by atoms with E-state index in [0.29, 0.717) is 11.4 Å². The molecule has 26 heavy (non-hydrogen) atoms. The molecular formula is C21H23N3O2. The monoisotopic (exact) mass is 349 g/mol. The molecule has 1 N–H and O–H groups in total. The molecule has 134 valence electrons. The Morgan fingerprint density at radius 1 is 1.15 bits per heavy atom. The number of methoxy groups -OCH3 is 1. The Morgan fingerprint density at radius 3 is 2.38 bits per heavy atom. The van der Waals surface area contributed by atoms with Gasteiger partial charge in [0.15, 0.2) is 0 Å². The Morgan fingerprint density at radius 2 is 1.81 bits per heavy atom. The van der Waals surface area contributed by atoms with Gasteiger partial charge in [-0.2, -0.15) is 5.26 Å². The maximum Gasteiger partial charge on any atom is 0.266 e. The second kappa shape index (κ2) is 9.28. The van der Waals surface area contributed by atoms with E-state index < -0.39 is 5.91 Å². The number of rotatable bonds is 7. The van der Waals surface area contributed by atoms with Crippen LogP contribution in [0.5, 0.6) is 5.75 Å². The van der Waals surface area contributed by atoms with Crippen LogP contribution in [-0.4, -0.2) is 26.1 Å². The van der Waals surface area contributed by atoms with Gasteiger partial charge in [0.1, 0.15) is 17.4 Å². The average Bonchev–Trinajstić information content (AvgIpc) is 2.68. The van der Waals surface area contributed by atoms with Crippen molar-refractivity contribution in [3.05, 3.63) is 59.7 Å². The number of nitrogens with one attached hydrogen (secondary N) is 1. The first-order chi connectivity index (χ1) is 12.6. The molecule has 2 rings (SSSR count). The van der Waals surface area contributed by atoms with E-state index in [2.05, 4.69) is 24.1 Å². The molecule has 0 aliphatic rings. The number of hydrogen-bond acceptors (Lipinski definition) is 4. The normalized spacial score (nSPS) is 10.8. The lowest BCUT2D eigenvalue weighted by Gasteiger charge is -2.20. The summed E-state index contributed by atoms with van der Waals surface area (Å²) in [4.78, 5) is 14.6. The third-order valence-electron chi connectivity index (χ3n) is 4.05. The quantitative estimate of drug-likeness (QED) is 0.604. The van der Waals surface area contributed by atoms with Crippen molar-refractivity contribution in [3.8, 4) is 11.8 Å². The van der Waals surface area contributed by atoms with E-state index >= 15 is 0 Å². The standard InChI is InChI=1S/C21H23N3O2/c1-4-24(5-2)18-12-10-16(11-13-18)14-17(15-22)21(25)23-19-8-6-7-9-20(19)26-3/h6-14H,4-5H2,1-3H3,(H,23,25). The Kier molecular flexibility index (Phi) is 6.81. The molecule has 0 aromatic heterocycles.